The van der Waals surface area contributed by atoms with Crippen molar-refractivity contribution in [2.45, 2.75) is 6.42 Å². The van der Waals surface area contributed by atoms with Gasteiger partial charge in [-0.25, -0.2) is 0 Å². The number of halogens is 1. The molecule has 20 heavy (non-hydrogen) atoms. The van der Waals surface area contributed by atoms with Gasteiger partial charge in [-0.05, 0) is 29.3 Å². The second-order valence-electron chi connectivity index (χ2n) is 4.36. The Hall–Kier alpha value is -2.06. The Morgan fingerprint density at radius 2 is 1.95 bits per heavy atom. The van der Waals surface area contributed by atoms with Gasteiger partial charge in [0.1, 0.15) is 5.75 Å². The Labute approximate surface area is 123 Å². The fraction of sp³-hybridized carbons (Fsp3) is 0.118. The van der Waals surface area contributed by atoms with Gasteiger partial charge in [0, 0.05) is 6.42 Å². The lowest BCUT2D eigenvalue weighted by molar-refractivity contribution is -0.113. The quantitative estimate of drug-likeness (QED) is 0.771. The van der Waals surface area contributed by atoms with Crippen molar-refractivity contribution in [3.05, 3.63) is 70.8 Å². The summed E-state index contributed by atoms with van der Waals surface area (Å²) in [5, 5.41) is 0.518. The number of benzene rings is 2. The molecule has 0 aliphatic rings. The second kappa shape index (κ2) is 6.92. The fourth-order valence-corrected chi connectivity index (χ4v) is 2.11. The van der Waals surface area contributed by atoms with E-state index in [1.54, 1.807) is 25.3 Å². The molecule has 102 valence electrons. The summed E-state index contributed by atoms with van der Waals surface area (Å²) in [6.07, 6.45) is 3.73. The van der Waals surface area contributed by atoms with Crippen molar-refractivity contribution in [3.8, 4) is 5.75 Å². The van der Waals surface area contributed by atoms with Crippen LogP contribution in [-0.4, -0.2) is 12.9 Å². The van der Waals surface area contributed by atoms with Crippen LogP contribution < -0.4 is 4.74 Å². The number of hydrogen-bond donors (Lipinski definition) is 0. The van der Waals surface area contributed by atoms with E-state index in [0.717, 1.165) is 11.1 Å². The number of rotatable bonds is 5. The zero-order chi connectivity index (χ0) is 14.4. The first kappa shape index (κ1) is 14.4. The number of carbonyl (C=O) groups excluding carboxylic acids is 1. The summed E-state index contributed by atoms with van der Waals surface area (Å²) in [5.74, 6) is 0.651. The number of hydrogen-bond acceptors (Lipinski definition) is 2. The maximum absolute atomic E-state index is 11.9. The standard InChI is InChI=1S/C17H15ClO2/c1-20-17-10-8-14(12-16(17)18)11-15(19)9-7-13-5-3-2-4-6-13/h2-10,12H,11H2,1H3/b9-7+. The second-order valence-corrected chi connectivity index (χ2v) is 4.76. The Morgan fingerprint density at radius 3 is 2.60 bits per heavy atom. The fourth-order valence-electron chi connectivity index (χ4n) is 1.83. The summed E-state index contributed by atoms with van der Waals surface area (Å²) in [4.78, 5) is 11.9. The highest BCUT2D eigenvalue weighted by molar-refractivity contribution is 6.32. The Bertz CT molecular complexity index is 618. The minimum atomic E-state index is 0.0371. The molecule has 0 aliphatic heterocycles. The Balaban J connectivity index is 2.01. The predicted octanol–water partition coefficient (Wildman–Crippen LogP) is 4.17. The van der Waals surface area contributed by atoms with E-state index in [1.165, 1.54) is 0 Å². The molecule has 0 saturated carbocycles. The van der Waals surface area contributed by atoms with Gasteiger partial charge in [-0.2, -0.15) is 0 Å². The van der Waals surface area contributed by atoms with Crippen LogP contribution in [0.4, 0.5) is 0 Å². The molecule has 0 amide bonds. The van der Waals surface area contributed by atoms with Crippen LogP contribution in [-0.2, 0) is 11.2 Å². The molecule has 0 spiro atoms. The molecule has 0 saturated heterocycles. The van der Waals surface area contributed by atoms with Crippen LogP contribution in [0.25, 0.3) is 6.08 Å². The summed E-state index contributed by atoms with van der Waals surface area (Å²) in [6, 6.07) is 15.1. The minimum Gasteiger partial charge on any atom is -0.495 e. The van der Waals surface area contributed by atoms with Crippen molar-refractivity contribution in [2.24, 2.45) is 0 Å². The zero-order valence-electron chi connectivity index (χ0n) is 11.2. The first-order chi connectivity index (χ1) is 9.69. The van der Waals surface area contributed by atoms with Crippen molar-refractivity contribution in [1.82, 2.24) is 0 Å². The van der Waals surface area contributed by atoms with Crippen molar-refractivity contribution >= 4 is 23.5 Å². The van der Waals surface area contributed by atoms with E-state index in [9.17, 15) is 4.79 Å². The van der Waals surface area contributed by atoms with E-state index in [1.807, 2.05) is 42.5 Å². The van der Waals surface area contributed by atoms with Crippen molar-refractivity contribution in [1.29, 1.82) is 0 Å². The zero-order valence-corrected chi connectivity index (χ0v) is 11.9. The van der Waals surface area contributed by atoms with Gasteiger partial charge in [-0.3, -0.25) is 4.79 Å². The maximum atomic E-state index is 11.9. The van der Waals surface area contributed by atoms with Crippen LogP contribution >= 0.6 is 11.6 Å². The minimum absolute atomic E-state index is 0.0371. The molecule has 0 fully saturated rings. The van der Waals surface area contributed by atoms with E-state index < -0.39 is 0 Å². The molecular weight excluding hydrogens is 272 g/mol. The normalized spacial score (nSPS) is 10.7. The molecule has 2 aromatic rings. The number of methoxy groups -OCH3 is 1. The van der Waals surface area contributed by atoms with Crippen LogP contribution in [0.1, 0.15) is 11.1 Å². The highest BCUT2D eigenvalue weighted by atomic mass is 35.5. The van der Waals surface area contributed by atoms with E-state index in [4.69, 9.17) is 16.3 Å². The SMILES string of the molecule is COc1ccc(CC(=O)/C=C/c2ccccc2)cc1Cl. The molecule has 0 radical (unpaired) electrons. The molecular formula is C17H15ClO2. The number of ketones is 1. The molecule has 0 bridgehead atoms. The summed E-state index contributed by atoms with van der Waals surface area (Å²) in [5.41, 5.74) is 1.88. The average Bonchev–Trinajstić information content (AvgIpc) is 2.46. The number of allylic oxidation sites excluding steroid dienone is 1. The molecule has 0 aromatic heterocycles. The molecule has 0 heterocycles. The highest BCUT2D eigenvalue weighted by Gasteiger charge is 2.04. The van der Waals surface area contributed by atoms with Gasteiger partial charge in [0.2, 0.25) is 0 Å². The number of ether oxygens (including phenoxy) is 1. The van der Waals surface area contributed by atoms with Gasteiger partial charge in [0.05, 0.1) is 12.1 Å². The van der Waals surface area contributed by atoms with E-state index in [0.29, 0.717) is 17.2 Å². The van der Waals surface area contributed by atoms with Gasteiger partial charge in [-0.1, -0.05) is 54.1 Å². The summed E-state index contributed by atoms with van der Waals surface area (Å²) < 4.78 is 5.08. The maximum Gasteiger partial charge on any atom is 0.160 e. The van der Waals surface area contributed by atoms with E-state index in [2.05, 4.69) is 0 Å². The molecule has 0 atom stereocenters. The highest BCUT2D eigenvalue weighted by Crippen LogP contribution is 2.25. The molecule has 2 aromatic carbocycles. The Kier molecular flexibility index (Phi) is 4.97. The van der Waals surface area contributed by atoms with Gasteiger partial charge >= 0.3 is 0 Å². The summed E-state index contributed by atoms with van der Waals surface area (Å²) in [6.45, 7) is 0. The summed E-state index contributed by atoms with van der Waals surface area (Å²) in [7, 11) is 1.56. The molecule has 0 unspecified atom stereocenters. The van der Waals surface area contributed by atoms with Gasteiger partial charge in [-0.15, -0.1) is 0 Å². The van der Waals surface area contributed by atoms with E-state index >= 15 is 0 Å². The monoisotopic (exact) mass is 286 g/mol. The third-order valence-corrected chi connectivity index (χ3v) is 3.15. The Morgan fingerprint density at radius 1 is 1.20 bits per heavy atom. The predicted molar refractivity (Wildman–Crippen MR) is 82.2 cm³/mol. The van der Waals surface area contributed by atoms with Crippen molar-refractivity contribution in [2.75, 3.05) is 7.11 Å². The molecule has 0 N–H and O–H groups in total. The van der Waals surface area contributed by atoms with Gasteiger partial charge in [0.25, 0.3) is 0 Å². The first-order valence-corrected chi connectivity index (χ1v) is 6.65. The molecule has 3 heteroatoms. The average molecular weight is 287 g/mol. The van der Waals surface area contributed by atoms with Crippen LogP contribution in [0.5, 0.6) is 5.75 Å². The van der Waals surface area contributed by atoms with Gasteiger partial charge < -0.3 is 4.74 Å². The van der Waals surface area contributed by atoms with Gasteiger partial charge in [0.15, 0.2) is 5.78 Å². The third kappa shape index (κ3) is 3.97. The van der Waals surface area contributed by atoms with Crippen molar-refractivity contribution < 1.29 is 9.53 Å². The van der Waals surface area contributed by atoms with Crippen molar-refractivity contribution in [3.63, 3.8) is 0 Å². The molecule has 0 aliphatic carbocycles. The van der Waals surface area contributed by atoms with E-state index in [-0.39, 0.29) is 5.78 Å². The van der Waals surface area contributed by atoms with Crippen LogP contribution in [0, 0.1) is 0 Å². The number of carbonyl (C=O) groups is 1. The third-order valence-electron chi connectivity index (χ3n) is 2.86. The van der Waals surface area contributed by atoms with Crippen LogP contribution in [0.2, 0.25) is 5.02 Å². The lowest BCUT2D eigenvalue weighted by atomic mass is 10.1. The lowest BCUT2D eigenvalue weighted by Gasteiger charge is -2.04. The topological polar surface area (TPSA) is 26.3 Å². The molecule has 2 nitrogen and oxygen atoms in total. The first-order valence-electron chi connectivity index (χ1n) is 6.27. The molecule has 2 rings (SSSR count). The smallest absolute Gasteiger partial charge is 0.160 e. The largest absolute Gasteiger partial charge is 0.495 e. The lowest BCUT2D eigenvalue weighted by Crippen LogP contribution is -1.98. The van der Waals surface area contributed by atoms with Crippen LogP contribution in [0.15, 0.2) is 54.6 Å². The summed E-state index contributed by atoms with van der Waals surface area (Å²) >= 11 is 6.03. The van der Waals surface area contributed by atoms with Crippen LogP contribution in [0.3, 0.4) is 0 Å².